The van der Waals surface area contributed by atoms with Crippen LogP contribution in [0.4, 0.5) is 0 Å². The smallest absolute Gasteiger partial charge is 0.179 e. The number of aromatic amines is 1. The Hall–Kier alpha value is -2.99. The first-order chi connectivity index (χ1) is 12.8. The molecule has 0 spiro atoms. The number of rotatable bonds is 5. The second kappa shape index (κ2) is 7.09. The van der Waals surface area contributed by atoms with E-state index in [4.69, 9.17) is 11.6 Å². The Balaban J connectivity index is 1.67. The first kappa shape index (κ1) is 16.5. The molecule has 4 aromatic rings. The minimum Gasteiger partial charge on any atom is -0.329 e. The maximum atomic E-state index is 6.06. The summed E-state index contributed by atoms with van der Waals surface area (Å²) in [5.41, 5.74) is 4.28. The summed E-state index contributed by atoms with van der Waals surface area (Å²) in [5, 5.41) is 10.8. The summed E-state index contributed by atoms with van der Waals surface area (Å²) in [6.45, 7) is 2.17. The van der Waals surface area contributed by atoms with Crippen LogP contribution in [0.2, 0.25) is 5.15 Å². The van der Waals surface area contributed by atoms with Gasteiger partial charge in [-0.25, -0.2) is 4.98 Å². The van der Waals surface area contributed by atoms with Crippen LogP contribution in [0.1, 0.15) is 24.9 Å². The lowest BCUT2D eigenvalue weighted by Crippen LogP contribution is -2.07. The molecule has 0 aliphatic rings. The van der Waals surface area contributed by atoms with Crippen molar-refractivity contribution in [2.24, 2.45) is 0 Å². The van der Waals surface area contributed by atoms with Crippen molar-refractivity contribution in [1.82, 2.24) is 29.9 Å². The average Bonchev–Trinajstić information content (AvgIpc) is 3.33. The Morgan fingerprint density at radius 1 is 1.08 bits per heavy atom. The second-order valence-corrected chi connectivity index (χ2v) is 6.29. The monoisotopic (exact) mass is 364 g/mol. The van der Waals surface area contributed by atoms with E-state index in [0.29, 0.717) is 10.8 Å². The first-order valence-electron chi connectivity index (χ1n) is 8.37. The maximum absolute atomic E-state index is 6.06. The largest absolute Gasteiger partial charge is 0.329 e. The predicted octanol–water partition coefficient (Wildman–Crippen LogP) is 4.38. The van der Waals surface area contributed by atoms with Crippen molar-refractivity contribution >= 4 is 11.6 Å². The van der Waals surface area contributed by atoms with Gasteiger partial charge in [0.1, 0.15) is 11.4 Å². The lowest BCUT2D eigenvalue weighted by Gasteiger charge is -2.16. The van der Waals surface area contributed by atoms with Crippen molar-refractivity contribution in [3.8, 4) is 22.6 Å². The molecular weight excluding hydrogens is 348 g/mol. The van der Waals surface area contributed by atoms with E-state index in [2.05, 4.69) is 61.1 Å². The SMILES string of the molecule is CCC(c1ccccc1)n1cnc(-c2cc(-c3n[nH]nc3Cl)ccn2)c1. The van der Waals surface area contributed by atoms with Crippen molar-refractivity contribution in [3.63, 3.8) is 0 Å². The van der Waals surface area contributed by atoms with E-state index in [1.54, 1.807) is 6.20 Å². The summed E-state index contributed by atoms with van der Waals surface area (Å²) >= 11 is 6.06. The van der Waals surface area contributed by atoms with Crippen LogP contribution >= 0.6 is 11.6 Å². The Bertz CT molecular complexity index is 1010. The zero-order chi connectivity index (χ0) is 17.9. The van der Waals surface area contributed by atoms with E-state index in [-0.39, 0.29) is 6.04 Å². The Morgan fingerprint density at radius 2 is 1.92 bits per heavy atom. The van der Waals surface area contributed by atoms with Crippen LogP contribution < -0.4 is 0 Å². The quantitative estimate of drug-likeness (QED) is 0.570. The molecule has 0 saturated carbocycles. The summed E-state index contributed by atoms with van der Waals surface area (Å²) < 4.78 is 2.13. The third-order valence-corrected chi connectivity index (χ3v) is 4.60. The molecule has 4 rings (SSSR count). The summed E-state index contributed by atoms with van der Waals surface area (Å²) in [7, 11) is 0. The topological polar surface area (TPSA) is 72.3 Å². The van der Waals surface area contributed by atoms with Crippen LogP contribution in [0.5, 0.6) is 0 Å². The van der Waals surface area contributed by atoms with Gasteiger partial charge in [-0.05, 0) is 24.1 Å². The maximum Gasteiger partial charge on any atom is 0.179 e. The molecule has 1 aromatic carbocycles. The van der Waals surface area contributed by atoms with Crippen LogP contribution in [-0.2, 0) is 0 Å². The Morgan fingerprint density at radius 3 is 2.65 bits per heavy atom. The summed E-state index contributed by atoms with van der Waals surface area (Å²) in [6.07, 6.45) is 6.58. The van der Waals surface area contributed by atoms with Gasteiger partial charge in [0.15, 0.2) is 5.15 Å². The molecule has 0 aliphatic carbocycles. The van der Waals surface area contributed by atoms with Crippen LogP contribution in [0.25, 0.3) is 22.6 Å². The van der Waals surface area contributed by atoms with Gasteiger partial charge < -0.3 is 4.57 Å². The Kier molecular flexibility index (Phi) is 4.50. The number of benzene rings is 1. The molecule has 130 valence electrons. The van der Waals surface area contributed by atoms with Gasteiger partial charge in [0.25, 0.3) is 0 Å². The molecule has 1 atom stereocenters. The molecule has 3 aromatic heterocycles. The number of hydrogen-bond acceptors (Lipinski definition) is 4. The standard InChI is InChI=1S/C19H17ClN6/c1-2-17(13-6-4-3-5-7-13)26-11-16(22-12-26)15-10-14(8-9-21-15)18-19(20)24-25-23-18/h3-12,17H,2H2,1H3,(H,23,24,25). The molecule has 0 radical (unpaired) electrons. The van der Waals surface area contributed by atoms with Gasteiger partial charge in [-0.1, -0.05) is 48.9 Å². The van der Waals surface area contributed by atoms with Gasteiger partial charge in [-0.3, -0.25) is 4.98 Å². The summed E-state index contributed by atoms with van der Waals surface area (Å²) in [5.74, 6) is 0. The van der Waals surface area contributed by atoms with Gasteiger partial charge in [0.05, 0.1) is 18.1 Å². The van der Waals surface area contributed by atoms with Crippen molar-refractivity contribution in [3.05, 3.63) is 71.9 Å². The molecule has 0 aliphatic heterocycles. The molecule has 1 N–H and O–H groups in total. The number of H-pyrrole nitrogens is 1. The molecule has 6 nitrogen and oxygen atoms in total. The summed E-state index contributed by atoms with van der Waals surface area (Å²) in [4.78, 5) is 8.99. The molecule has 26 heavy (non-hydrogen) atoms. The van der Waals surface area contributed by atoms with Crippen molar-refractivity contribution in [2.45, 2.75) is 19.4 Å². The lowest BCUT2D eigenvalue weighted by atomic mass is 10.0. The fourth-order valence-electron chi connectivity index (χ4n) is 3.05. The van der Waals surface area contributed by atoms with Crippen LogP contribution in [0.3, 0.4) is 0 Å². The number of hydrogen-bond donors (Lipinski definition) is 1. The highest BCUT2D eigenvalue weighted by Gasteiger charge is 2.14. The van der Waals surface area contributed by atoms with Crippen molar-refractivity contribution in [2.75, 3.05) is 0 Å². The number of pyridine rings is 1. The number of imidazole rings is 1. The third-order valence-electron chi connectivity index (χ3n) is 4.33. The van der Waals surface area contributed by atoms with Gasteiger partial charge in [-0.2, -0.15) is 10.3 Å². The van der Waals surface area contributed by atoms with Gasteiger partial charge in [-0.15, -0.1) is 5.10 Å². The molecule has 0 bridgehead atoms. The predicted molar refractivity (Wildman–Crippen MR) is 101 cm³/mol. The zero-order valence-corrected chi connectivity index (χ0v) is 14.9. The van der Waals surface area contributed by atoms with E-state index < -0.39 is 0 Å². The minimum atomic E-state index is 0.241. The van der Waals surface area contributed by atoms with E-state index >= 15 is 0 Å². The highest BCUT2D eigenvalue weighted by molar-refractivity contribution is 6.31. The van der Waals surface area contributed by atoms with Crippen molar-refractivity contribution in [1.29, 1.82) is 0 Å². The first-order valence-corrected chi connectivity index (χ1v) is 8.75. The number of aromatic nitrogens is 6. The van der Waals surface area contributed by atoms with E-state index in [1.807, 2.05) is 30.7 Å². The second-order valence-electron chi connectivity index (χ2n) is 5.93. The van der Waals surface area contributed by atoms with E-state index in [1.165, 1.54) is 5.56 Å². The summed E-state index contributed by atoms with van der Waals surface area (Å²) in [6, 6.07) is 14.4. The fraction of sp³-hybridized carbons (Fsp3) is 0.158. The van der Waals surface area contributed by atoms with Crippen LogP contribution in [-0.4, -0.2) is 29.9 Å². The minimum absolute atomic E-state index is 0.241. The van der Waals surface area contributed by atoms with Crippen LogP contribution in [0.15, 0.2) is 61.2 Å². The molecule has 3 heterocycles. The molecule has 0 amide bonds. The molecule has 1 unspecified atom stereocenters. The molecular formula is C19H17ClN6. The average molecular weight is 365 g/mol. The lowest BCUT2D eigenvalue weighted by molar-refractivity contribution is 0.566. The third kappa shape index (κ3) is 3.11. The zero-order valence-electron chi connectivity index (χ0n) is 14.2. The molecule has 0 fully saturated rings. The van der Waals surface area contributed by atoms with E-state index in [0.717, 1.165) is 23.4 Å². The number of nitrogens with one attached hydrogen (secondary N) is 1. The van der Waals surface area contributed by atoms with E-state index in [9.17, 15) is 0 Å². The van der Waals surface area contributed by atoms with Crippen molar-refractivity contribution < 1.29 is 0 Å². The van der Waals surface area contributed by atoms with Gasteiger partial charge in [0, 0.05) is 18.0 Å². The molecule has 7 heteroatoms. The number of halogens is 1. The Labute approximate surface area is 155 Å². The molecule has 0 saturated heterocycles. The highest BCUT2D eigenvalue weighted by Crippen LogP contribution is 2.28. The van der Waals surface area contributed by atoms with Crippen LogP contribution in [0, 0.1) is 0 Å². The highest BCUT2D eigenvalue weighted by atomic mass is 35.5. The van der Waals surface area contributed by atoms with Gasteiger partial charge >= 0.3 is 0 Å². The normalized spacial score (nSPS) is 12.2. The van der Waals surface area contributed by atoms with Gasteiger partial charge in [0.2, 0.25) is 0 Å². The number of nitrogens with zero attached hydrogens (tertiary/aromatic N) is 5. The fourth-order valence-corrected chi connectivity index (χ4v) is 3.24.